The summed E-state index contributed by atoms with van der Waals surface area (Å²) >= 11 is 0. The number of rotatable bonds is 5. The predicted octanol–water partition coefficient (Wildman–Crippen LogP) is 1.79. The SMILES string of the molecule is [B]C#CC(C(C)C)N(C)C(=O)CCCC. The Morgan fingerprint density at radius 3 is 2.47 bits per heavy atom. The number of nitrogens with zero attached hydrogens (tertiary/aromatic N) is 1. The van der Waals surface area contributed by atoms with Gasteiger partial charge in [0, 0.05) is 13.5 Å². The molecule has 0 aliphatic rings. The lowest BCUT2D eigenvalue weighted by atomic mass is 10.0. The Balaban J connectivity index is 4.40. The molecule has 0 aliphatic carbocycles. The van der Waals surface area contributed by atoms with E-state index in [1.54, 1.807) is 11.9 Å². The Kier molecular flexibility index (Phi) is 6.95. The summed E-state index contributed by atoms with van der Waals surface area (Å²) in [6.45, 7) is 6.16. The molecule has 2 nitrogen and oxygen atoms in total. The van der Waals surface area contributed by atoms with Gasteiger partial charge < -0.3 is 4.90 Å². The van der Waals surface area contributed by atoms with Crippen molar-refractivity contribution in [1.82, 2.24) is 4.90 Å². The van der Waals surface area contributed by atoms with Crippen LogP contribution >= 0.6 is 0 Å². The Bertz CT molecular complexity index is 252. The third-order valence-corrected chi connectivity index (χ3v) is 2.42. The second-order valence-corrected chi connectivity index (χ2v) is 4.09. The zero-order valence-electron chi connectivity index (χ0n) is 10.2. The topological polar surface area (TPSA) is 20.3 Å². The van der Waals surface area contributed by atoms with Gasteiger partial charge in [0.15, 0.2) is 7.85 Å². The van der Waals surface area contributed by atoms with Crippen molar-refractivity contribution in [3.05, 3.63) is 0 Å². The standard InChI is InChI=1S/C12H20BNO/c1-5-6-7-12(15)14(4)11(8-9-13)10(2)3/h10-11H,5-7H2,1-4H3. The summed E-state index contributed by atoms with van der Waals surface area (Å²) < 4.78 is 0. The summed E-state index contributed by atoms with van der Waals surface area (Å²) in [5.41, 5.74) is 0. The maximum Gasteiger partial charge on any atom is 0.223 e. The zero-order valence-corrected chi connectivity index (χ0v) is 10.2. The minimum atomic E-state index is -0.0700. The fourth-order valence-corrected chi connectivity index (χ4v) is 1.46. The minimum absolute atomic E-state index is 0.0700. The first-order valence-electron chi connectivity index (χ1n) is 5.51. The van der Waals surface area contributed by atoms with Gasteiger partial charge in [-0.2, -0.15) is 5.82 Å². The number of carbonyl (C=O) groups excluding carboxylic acids is 1. The highest BCUT2D eigenvalue weighted by molar-refractivity contribution is 6.22. The van der Waals surface area contributed by atoms with Crippen LogP contribution in [0.4, 0.5) is 0 Å². The molecule has 0 aromatic carbocycles. The van der Waals surface area contributed by atoms with E-state index in [1.807, 2.05) is 13.8 Å². The Morgan fingerprint density at radius 1 is 1.47 bits per heavy atom. The minimum Gasteiger partial charge on any atom is -0.332 e. The normalized spacial score (nSPS) is 11.8. The Hall–Kier alpha value is -0.905. The first kappa shape index (κ1) is 14.1. The van der Waals surface area contributed by atoms with Crippen molar-refractivity contribution in [2.24, 2.45) is 5.92 Å². The fourth-order valence-electron chi connectivity index (χ4n) is 1.46. The second-order valence-electron chi connectivity index (χ2n) is 4.09. The molecule has 0 aromatic rings. The maximum absolute atomic E-state index is 11.7. The highest BCUT2D eigenvalue weighted by Gasteiger charge is 2.19. The molecule has 3 heteroatoms. The van der Waals surface area contributed by atoms with E-state index in [9.17, 15) is 4.79 Å². The molecule has 0 N–H and O–H groups in total. The van der Waals surface area contributed by atoms with Crippen LogP contribution in [0.5, 0.6) is 0 Å². The van der Waals surface area contributed by atoms with E-state index < -0.39 is 0 Å². The van der Waals surface area contributed by atoms with E-state index in [0.717, 1.165) is 12.8 Å². The lowest BCUT2D eigenvalue weighted by molar-refractivity contribution is -0.131. The van der Waals surface area contributed by atoms with Crippen molar-refractivity contribution in [3.63, 3.8) is 0 Å². The molecule has 0 bridgehead atoms. The van der Waals surface area contributed by atoms with Crippen molar-refractivity contribution in [2.75, 3.05) is 7.05 Å². The molecule has 1 unspecified atom stereocenters. The van der Waals surface area contributed by atoms with Crippen LogP contribution in [0.2, 0.25) is 0 Å². The molecule has 15 heavy (non-hydrogen) atoms. The van der Waals surface area contributed by atoms with Crippen LogP contribution in [0.25, 0.3) is 0 Å². The summed E-state index contributed by atoms with van der Waals surface area (Å²) in [6.07, 6.45) is 2.57. The summed E-state index contributed by atoms with van der Waals surface area (Å²) in [5.74, 6) is 5.72. The van der Waals surface area contributed by atoms with Gasteiger partial charge in [0.2, 0.25) is 5.91 Å². The molecule has 0 fully saturated rings. The Labute approximate surface area is 94.8 Å². The van der Waals surface area contributed by atoms with Crippen LogP contribution in [0.3, 0.4) is 0 Å². The van der Waals surface area contributed by atoms with Gasteiger partial charge in [-0.3, -0.25) is 4.79 Å². The van der Waals surface area contributed by atoms with Crippen molar-refractivity contribution < 1.29 is 4.79 Å². The van der Waals surface area contributed by atoms with Gasteiger partial charge >= 0.3 is 0 Å². The third kappa shape index (κ3) is 4.92. The highest BCUT2D eigenvalue weighted by atomic mass is 16.2. The molecular formula is C12H20BNO. The van der Waals surface area contributed by atoms with Crippen LogP contribution in [-0.4, -0.2) is 31.7 Å². The smallest absolute Gasteiger partial charge is 0.223 e. The van der Waals surface area contributed by atoms with Crippen LogP contribution in [0, 0.1) is 17.7 Å². The summed E-state index contributed by atoms with van der Waals surface area (Å²) in [4.78, 5) is 13.4. The number of hydrogen-bond donors (Lipinski definition) is 0. The van der Waals surface area contributed by atoms with E-state index in [1.165, 1.54) is 0 Å². The largest absolute Gasteiger partial charge is 0.332 e. The number of amides is 1. The molecule has 82 valence electrons. The average Bonchev–Trinajstić information content (AvgIpc) is 2.21. The lowest BCUT2D eigenvalue weighted by Gasteiger charge is -2.27. The first-order chi connectivity index (χ1) is 7.04. The van der Waals surface area contributed by atoms with E-state index in [0.29, 0.717) is 12.3 Å². The highest BCUT2D eigenvalue weighted by Crippen LogP contribution is 2.10. The molecule has 0 spiro atoms. The van der Waals surface area contributed by atoms with Gasteiger partial charge in [-0.15, -0.1) is 0 Å². The number of carbonyl (C=O) groups is 1. The molecule has 2 radical (unpaired) electrons. The van der Waals surface area contributed by atoms with Gasteiger partial charge in [0.25, 0.3) is 0 Å². The van der Waals surface area contributed by atoms with E-state index in [4.69, 9.17) is 7.85 Å². The first-order valence-corrected chi connectivity index (χ1v) is 5.51. The molecule has 0 rings (SSSR count). The quantitative estimate of drug-likeness (QED) is 0.495. The van der Waals surface area contributed by atoms with Crippen molar-refractivity contribution in [2.45, 2.75) is 46.1 Å². The summed E-state index contributed by atoms with van der Waals surface area (Å²) in [7, 11) is 7.00. The molecular weight excluding hydrogens is 185 g/mol. The van der Waals surface area contributed by atoms with Gasteiger partial charge in [0.05, 0.1) is 6.04 Å². The molecule has 1 amide bonds. The molecule has 0 heterocycles. The van der Waals surface area contributed by atoms with Crippen molar-refractivity contribution in [1.29, 1.82) is 0 Å². The monoisotopic (exact) mass is 205 g/mol. The van der Waals surface area contributed by atoms with Crippen LogP contribution < -0.4 is 0 Å². The predicted molar refractivity (Wildman–Crippen MR) is 64.5 cm³/mol. The molecule has 0 saturated heterocycles. The summed E-state index contributed by atoms with van der Waals surface area (Å²) in [6, 6.07) is -0.0700. The van der Waals surface area contributed by atoms with E-state index in [2.05, 4.69) is 18.7 Å². The van der Waals surface area contributed by atoms with Crippen LogP contribution in [0.1, 0.15) is 40.0 Å². The second kappa shape index (κ2) is 7.39. The number of hydrogen-bond acceptors (Lipinski definition) is 1. The van der Waals surface area contributed by atoms with Crippen LogP contribution in [0.15, 0.2) is 0 Å². The van der Waals surface area contributed by atoms with Gasteiger partial charge in [-0.05, 0) is 12.3 Å². The van der Waals surface area contributed by atoms with Gasteiger partial charge in [-0.25, -0.2) is 0 Å². The molecule has 0 saturated carbocycles. The van der Waals surface area contributed by atoms with Crippen molar-refractivity contribution >= 4 is 13.8 Å². The maximum atomic E-state index is 11.7. The zero-order chi connectivity index (χ0) is 11.8. The van der Waals surface area contributed by atoms with Gasteiger partial charge in [0.1, 0.15) is 0 Å². The lowest BCUT2D eigenvalue weighted by Crippen LogP contribution is -2.39. The number of unbranched alkanes of at least 4 members (excludes halogenated alkanes) is 1. The molecule has 0 aliphatic heterocycles. The fraction of sp³-hybridized carbons (Fsp3) is 0.750. The van der Waals surface area contributed by atoms with Crippen molar-refractivity contribution in [3.8, 4) is 11.7 Å². The van der Waals surface area contributed by atoms with E-state index in [-0.39, 0.29) is 11.9 Å². The Morgan fingerprint density at radius 2 is 2.07 bits per heavy atom. The van der Waals surface area contributed by atoms with E-state index >= 15 is 0 Å². The average molecular weight is 205 g/mol. The van der Waals surface area contributed by atoms with Crippen LogP contribution in [-0.2, 0) is 4.79 Å². The van der Waals surface area contributed by atoms with Gasteiger partial charge in [-0.1, -0.05) is 33.1 Å². The molecule has 0 aromatic heterocycles. The summed E-state index contributed by atoms with van der Waals surface area (Å²) in [5, 5.41) is 0. The third-order valence-electron chi connectivity index (χ3n) is 2.42. The molecule has 1 atom stereocenters.